The van der Waals surface area contributed by atoms with Crippen LogP contribution in [0.3, 0.4) is 0 Å². The number of nitrogens with two attached hydrogens (primary N) is 6. The molecule has 0 radical (unpaired) electrons. The van der Waals surface area contributed by atoms with Crippen LogP contribution in [-0.2, 0) is 19.5 Å². The normalized spacial score (nSPS) is 5.62. The maximum absolute atomic E-state index is 4.90. The monoisotopic (exact) mass is 332 g/mol. The summed E-state index contributed by atoms with van der Waals surface area (Å²) in [5, 5.41) is 0. The predicted octanol–water partition coefficient (Wildman–Crippen LogP) is -10.1. The molecule has 0 heterocycles. The van der Waals surface area contributed by atoms with Crippen LogP contribution in [-0.4, -0.2) is 44.7 Å². The van der Waals surface area contributed by atoms with Crippen LogP contribution in [0.5, 0.6) is 0 Å². The zero-order valence-electron chi connectivity index (χ0n) is 9.67. The molecule has 0 aliphatic carbocycles. The first-order chi connectivity index (χ1) is 5.74. The minimum atomic E-state index is 0. The molecule has 0 spiro atoms. The van der Waals surface area contributed by atoms with Crippen molar-refractivity contribution in [3.05, 3.63) is 0 Å². The molecule has 0 unspecified atom stereocenters. The molecule has 10 heteroatoms. The van der Waals surface area contributed by atoms with Gasteiger partial charge in [0.05, 0.1) is 0 Å². The molecular formula is C6H26Cl2N6OZn. The molecule has 0 aromatic heterocycles. The van der Waals surface area contributed by atoms with Crippen LogP contribution in [0.15, 0.2) is 0 Å². The van der Waals surface area contributed by atoms with Gasteiger partial charge in [-0.15, -0.1) is 0 Å². The Morgan fingerprint density at radius 2 is 0.500 bits per heavy atom. The van der Waals surface area contributed by atoms with E-state index in [1.165, 1.54) is 0 Å². The maximum atomic E-state index is 4.90. The third-order valence-electron chi connectivity index (χ3n) is 0.500. The standard InChI is InChI=1S/3C2H8N2.2ClH.H2O.Zn/c3*3-1-2-4;;;;/h3*1-4H2;2*1H;1H2;/q;;;;;;+2/p-2. The van der Waals surface area contributed by atoms with Gasteiger partial charge in [0.1, 0.15) is 0 Å². The average molecular weight is 335 g/mol. The fraction of sp³-hybridized carbons (Fsp3) is 1.00. The molecule has 0 rings (SSSR count). The Kier molecular flexibility index (Phi) is 201. The van der Waals surface area contributed by atoms with E-state index >= 15 is 0 Å². The third-order valence-corrected chi connectivity index (χ3v) is 0.500. The second-order valence-electron chi connectivity index (χ2n) is 1.73. The summed E-state index contributed by atoms with van der Waals surface area (Å²) in [5.41, 5.74) is 29.4. The van der Waals surface area contributed by atoms with Crippen molar-refractivity contribution in [2.24, 2.45) is 34.4 Å². The van der Waals surface area contributed by atoms with Gasteiger partial charge in [-0.3, -0.25) is 0 Å². The number of rotatable bonds is 3. The average Bonchev–Trinajstić information content (AvgIpc) is 2.18. The van der Waals surface area contributed by atoms with Crippen molar-refractivity contribution in [3.8, 4) is 0 Å². The summed E-state index contributed by atoms with van der Waals surface area (Å²) in [6.07, 6.45) is 0. The van der Waals surface area contributed by atoms with Crippen molar-refractivity contribution in [3.63, 3.8) is 0 Å². The van der Waals surface area contributed by atoms with E-state index in [4.69, 9.17) is 34.4 Å². The summed E-state index contributed by atoms with van der Waals surface area (Å²) in [6, 6.07) is 0. The Morgan fingerprint density at radius 3 is 0.500 bits per heavy atom. The van der Waals surface area contributed by atoms with Crippen LogP contribution in [0.25, 0.3) is 0 Å². The molecule has 102 valence electrons. The second-order valence-corrected chi connectivity index (χ2v) is 1.73. The first-order valence-electron chi connectivity index (χ1n) is 3.95. The molecule has 0 aromatic rings. The summed E-state index contributed by atoms with van der Waals surface area (Å²) >= 11 is 0. The summed E-state index contributed by atoms with van der Waals surface area (Å²) in [7, 11) is 0. The smallest absolute Gasteiger partial charge is 1.00 e. The molecule has 0 aliphatic rings. The second kappa shape index (κ2) is 74.0. The zero-order chi connectivity index (χ0) is 10.2. The van der Waals surface area contributed by atoms with Crippen LogP contribution in [0.4, 0.5) is 0 Å². The molecule has 0 aliphatic heterocycles. The summed E-state index contributed by atoms with van der Waals surface area (Å²) in [6.45, 7) is 3.58. The van der Waals surface area contributed by atoms with Crippen molar-refractivity contribution < 1.29 is 49.8 Å². The fourth-order valence-electron chi connectivity index (χ4n) is 0. The Balaban J connectivity index is -0.0000000135. The van der Waals surface area contributed by atoms with E-state index in [0.29, 0.717) is 39.3 Å². The van der Waals surface area contributed by atoms with E-state index < -0.39 is 0 Å². The Labute approximate surface area is 123 Å². The van der Waals surface area contributed by atoms with Gasteiger partial charge in [0.2, 0.25) is 0 Å². The minimum absolute atomic E-state index is 0. The molecule has 0 amide bonds. The van der Waals surface area contributed by atoms with Crippen LogP contribution in [0, 0.1) is 0 Å². The molecule has 0 bridgehead atoms. The molecule has 16 heavy (non-hydrogen) atoms. The van der Waals surface area contributed by atoms with Gasteiger partial charge in [-0.25, -0.2) is 0 Å². The van der Waals surface area contributed by atoms with E-state index in [0.717, 1.165) is 0 Å². The molecule has 7 nitrogen and oxygen atoms in total. The van der Waals surface area contributed by atoms with Crippen LogP contribution >= 0.6 is 0 Å². The van der Waals surface area contributed by atoms with Crippen LogP contribution in [0.2, 0.25) is 0 Å². The van der Waals surface area contributed by atoms with Gasteiger partial charge in [-0.05, 0) is 0 Å². The van der Waals surface area contributed by atoms with E-state index in [2.05, 4.69) is 0 Å². The van der Waals surface area contributed by atoms with E-state index in [-0.39, 0.29) is 49.8 Å². The van der Waals surface area contributed by atoms with Gasteiger partial charge in [0.25, 0.3) is 0 Å². The van der Waals surface area contributed by atoms with E-state index in [1.54, 1.807) is 0 Å². The fourth-order valence-corrected chi connectivity index (χ4v) is 0. The van der Waals surface area contributed by atoms with Gasteiger partial charge in [-0.1, -0.05) is 0 Å². The molecule has 0 atom stereocenters. The molecular weight excluding hydrogens is 308 g/mol. The Hall–Kier alpha value is 0.923. The zero-order valence-corrected chi connectivity index (χ0v) is 14.1. The summed E-state index contributed by atoms with van der Waals surface area (Å²) in [4.78, 5) is 0. The molecule has 0 fully saturated rings. The molecule has 0 aromatic carbocycles. The Bertz CT molecular complexity index is 46.5. The number of halogens is 2. The van der Waals surface area contributed by atoms with Crippen molar-refractivity contribution >= 4 is 0 Å². The number of hydrogen-bond acceptors (Lipinski definition) is 6. The summed E-state index contributed by atoms with van der Waals surface area (Å²) in [5.74, 6) is 0. The van der Waals surface area contributed by atoms with Gasteiger partial charge in [-0.2, -0.15) is 0 Å². The van der Waals surface area contributed by atoms with Gasteiger partial charge in [0, 0.05) is 39.3 Å². The van der Waals surface area contributed by atoms with Crippen molar-refractivity contribution in [2.45, 2.75) is 0 Å². The minimum Gasteiger partial charge on any atom is -1.00 e. The van der Waals surface area contributed by atoms with Crippen molar-refractivity contribution in [2.75, 3.05) is 39.3 Å². The molecule has 0 saturated carbocycles. The largest absolute Gasteiger partial charge is 2.00 e. The number of hydrogen-bond donors (Lipinski definition) is 6. The van der Waals surface area contributed by atoms with Crippen molar-refractivity contribution in [1.29, 1.82) is 0 Å². The first-order valence-corrected chi connectivity index (χ1v) is 3.95. The van der Waals surface area contributed by atoms with Crippen LogP contribution in [0.1, 0.15) is 0 Å². The van der Waals surface area contributed by atoms with E-state index in [1.807, 2.05) is 0 Å². The molecule has 0 saturated heterocycles. The quantitative estimate of drug-likeness (QED) is 0.278. The van der Waals surface area contributed by atoms with E-state index in [9.17, 15) is 0 Å². The molecule has 14 N–H and O–H groups in total. The van der Waals surface area contributed by atoms with Crippen LogP contribution < -0.4 is 59.2 Å². The topological polar surface area (TPSA) is 188 Å². The SMILES string of the molecule is NCCN.NCCN.NCCN.O.[Cl-].[Cl-].[Zn+2]. The first kappa shape index (κ1) is 43.6. The Morgan fingerprint density at radius 1 is 0.438 bits per heavy atom. The van der Waals surface area contributed by atoms with Gasteiger partial charge < -0.3 is 64.7 Å². The third kappa shape index (κ3) is 188. The van der Waals surface area contributed by atoms with Gasteiger partial charge >= 0.3 is 19.5 Å². The predicted molar refractivity (Wildman–Crippen MR) is 57.9 cm³/mol. The van der Waals surface area contributed by atoms with Gasteiger partial charge in [0.15, 0.2) is 0 Å². The van der Waals surface area contributed by atoms with Crippen molar-refractivity contribution in [1.82, 2.24) is 0 Å². The maximum Gasteiger partial charge on any atom is 2.00 e. The summed E-state index contributed by atoms with van der Waals surface area (Å²) < 4.78 is 0.